The van der Waals surface area contributed by atoms with Crippen molar-refractivity contribution in [2.24, 2.45) is 0 Å². The van der Waals surface area contributed by atoms with E-state index in [1.54, 1.807) is 0 Å². The van der Waals surface area contributed by atoms with Crippen molar-refractivity contribution in [3.05, 3.63) is 0 Å². The van der Waals surface area contributed by atoms with Crippen LogP contribution in [0.4, 0.5) is 0 Å². The Hall–Kier alpha value is -0.256. The zero-order valence-electron chi connectivity index (χ0n) is 19.1. The molecule has 1 amide bonds. The van der Waals surface area contributed by atoms with Gasteiger partial charge >= 0.3 is 0 Å². The van der Waals surface area contributed by atoms with Crippen LogP contribution in [0.5, 0.6) is 0 Å². The Kier molecular flexibility index (Phi) is 7.56. The van der Waals surface area contributed by atoms with Gasteiger partial charge in [0, 0.05) is 6.92 Å². The van der Waals surface area contributed by atoms with Gasteiger partial charge in [-0.15, -0.1) is 0 Å². The number of carbonyl (C=O) groups is 1. The highest BCUT2D eigenvalue weighted by Gasteiger charge is 2.53. The largest absolute Gasteiger partial charge is 0.407 e. The molecule has 0 aromatic rings. The molecule has 8 heteroatoms. The van der Waals surface area contributed by atoms with Crippen LogP contribution in [0.25, 0.3) is 0 Å². The van der Waals surface area contributed by atoms with Crippen LogP contribution in [0.2, 0.25) is 36.3 Å². The van der Waals surface area contributed by atoms with Crippen molar-refractivity contribution in [3.8, 4) is 0 Å². The first-order valence-electron chi connectivity index (χ1n) is 9.82. The number of hydrogen-bond donors (Lipinski definition) is 2. The predicted octanol–water partition coefficient (Wildman–Crippen LogP) is 3.62. The average molecular weight is 420 g/mol. The highest BCUT2D eigenvalue weighted by Crippen LogP contribution is 2.43. The molecule has 0 radical (unpaired) electrons. The van der Waals surface area contributed by atoms with E-state index in [2.05, 4.69) is 73.0 Å². The first-order chi connectivity index (χ1) is 11.9. The molecule has 1 heterocycles. The minimum Gasteiger partial charge on any atom is -0.407 e. The molecule has 0 spiro atoms. The lowest BCUT2D eigenvalue weighted by Gasteiger charge is -2.43. The van der Waals surface area contributed by atoms with Gasteiger partial charge in [0.2, 0.25) is 5.91 Å². The summed E-state index contributed by atoms with van der Waals surface area (Å²) >= 11 is 0. The molecule has 2 N–H and O–H groups in total. The van der Waals surface area contributed by atoms with E-state index in [4.69, 9.17) is 13.6 Å². The molecule has 1 aliphatic heterocycles. The summed E-state index contributed by atoms with van der Waals surface area (Å²) in [5.41, 5.74) is 0. The quantitative estimate of drug-likeness (QED) is 0.643. The van der Waals surface area contributed by atoms with Crippen molar-refractivity contribution in [2.75, 3.05) is 6.61 Å². The minimum atomic E-state index is -2.15. The third kappa shape index (κ3) is 5.87. The lowest BCUT2D eigenvalue weighted by molar-refractivity contribution is -0.121. The van der Waals surface area contributed by atoms with Gasteiger partial charge in [-0.2, -0.15) is 0 Å². The van der Waals surface area contributed by atoms with E-state index in [1.165, 1.54) is 6.92 Å². The van der Waals surface area contributed by atoms with E-state index in [-0.39, 0.29) is 22.6 Å². The summed E-state index contributed by atoms with van der Waals surface area (Å²) in [6, 6.07) is -0.434. The maximum Gasteiger partial charge on any atom is 0.217 e. The van der Waals surface area contributed by atoms with Gasteiger partial charge in [0.05, 0.1) is 12.6 Å². The smallest absolute Gasteiger partial charge is 0.217 e. The van der Waals surface area contributed by atoms with E-state index in [9.17, 15) is 9.90 Å². The molecule has 1 rings (SSSR count). The van der Waals surface area contributed by atoms with Gasteiger partial charge in [0.1, 0.15) is 12.2 Å². The van der Waals surface area contributed by atoms with Gasteiger partial charge in [-0.3, -0.25) is 4.79 Å². The number of aliphatic hydroxyl groups is 1. The predicted molar refractivity (Wildman–Crippen MR) is 114 cm³/mol. The van der Waals surface area contributed by atoms with Crippen LogP contribution in [0.3, 0.4) is 0 Å². The number of aliphatic hydroxyl groups excluding tert-OH is 1. The van der Waals surface area contributed by atoms with E-state index in [1.807, 2.05) is 0 Å². The van der Waals surface area contributed by atoms with Crippen LogP contribution >= 0.6 is 0 Å². The van der Waals surface area contributed by atoms with Crippen molar-refractivity contribution < 1.29 is 23.5 Å². The molecule has 4 atom stereocenters. The Bertz CT molecular complexity index is 525. The van der Waals surface area contributed by atoms with Crippen LogP contribution < -0.4 is 5.32 Å². The number of rotatable bonds is 6. The molecule has 6 nitrogen and oxygen atoms in total. The minimum absolute atomic E-state index is 0.00655. The molecule has 1 unspecified atom stereocenters. The molecular weight excluding hydrogens is 378 g/mol. The number of amides is 1. The fraction of sp³-hybridized carbons (Fsp3) is 0.947. The highest BCUT2D eigenvalue weighted by molar-refractivity contribution is 6.74. The van der Waals surface area contributed by atoms with Crippen LogP contribution in [-0.4, -0.2) is 58.8 Å². The summed E-state index contributed by atoms with van der Waals surface area (Å²) in [5, 5.41) is 12.8. The summed E-state index contributed by atoms with van der Waals surface area (Å²) in [6.07, 6.45) is -1.59. The monoisotopic (exact) mass is 419 g/mol. The van der Waals surface area contributed by atoms with Crippen molar-refractivity contribution in [1.82, 2.24) is 5.32 Å². The van der Waals surface area contributed by atoms with Gasteiger partial charge in [-0.25, -0.2) is 0 Å². The van der Waals surface area contributed by atoms with E-state index in [0.717, 1.165) is 0 Å². The highest BCUT2D eigenvalue weighted by atomic mass is 28.4. The summed E-state index contributed by atoms with van der Waals surface area (Å²) in [7, 11) is -4.27. The summed E-state index contributed by atoms with van der Waals surface area (Å²) in [4.78, 5) is 11.8. The molecule has 27 heavy (non-hydrogen) atoms. The third-order valence-corrected chi connectivity index (χ3v) is 15.2. The molecule has 0 saturated carbocycles. The first kappa shape index (κ1) is 24.8. The van der Waals surface area contributed by atoms with Crippen LogP contribution in [0.15, 0.2) is 0 Å². The van der Waals surface area contributed by atoms with E-state index in [0.29, 0.717) is 0 Å². The van der Waals surface area contributed by atoms with Gasteiger partial charge in [0.15, 0.2) is 22.9 Å². The van der Waals surface area contributed by atoms with Crippen molar-refractivity contribution >= 4 is 22.5 Å². The molecular formula is C19H41NO5Si2. The van der Waals surface area contributed by atoms with Crippen LogP contribution in [0.1, 0.15) is 48.5 Å². The fourth-order valence-electron chi connectivity index (χ4n) is 2.49. The third-order valence-electron chi connectivity index (χ3n) is 6.34. The Balaban J connectivity index is 3.24. The SMILES string of the molecule is CC(=O)NC1[C@@H](CO)O[C@H](O[Si](C)(C)C(C)(C)C)[C@H]1O[Si](C)(C)C(C)(C)C. The normalized spacial score (nSPS) is 27.7. The maximum atomic E-state index is 11.8. The summed E-state index contributed by atoms with van der Waals surface area (Å²) in [5.74, 6) is -0.168. The van der Waals surface area contributed by atoms with Gasteiger partial charge in [0.25, 0.3) is 0 Å². The van der Waals surface area contributed by atoms with Gasteiger partial charge in [-0.05, 0) is 36.3 Å². The zero-order valence-corrected chi connectivity index (χ0v) is 21.1. The number of nitrogens with one attached hydrogen (secondary N) is 1. The van der Waals surface area contributed by atoms with E-state index < -0.39 is 41.2 Å². The lowest BCUT2D eigenvalue weighted by atomic mass is 10.1. The zero-order chi connectivity index (χ0) is 21.4. The Labute approximate surface area is 167 Å². The molecule has 1 aliphatic rings. The Morgan fingerprint density at radius 3 is 1.81 bits per heavy atom. The standard InChI is InChI=1S/C19H41NO5Si2/c1-13(22)20-15-14(12-21)23-17(25-27(10,11)19(5,6)7)16(15)24-26(8,9)18(2,3)4/h14-17,21H,12H2,1-11H3,(H,20,22)/t14-,15?,16+,17-/m1/s1. The Morgan fingerprint density at radius 1 is 1.00 bits per heavy atom. The van der Waals surface area contributed by atoms with Gasteiger partial charge in [-0.1, -0.05) is 41.5 Å². The maximum absolute atomic E-state index is 11.8. The first-order valence-corrected chi connectivity index (χ1v) is 15.6. The van der Waals surface area contributed by atoms with E-state index >= 15 is 0 Å². The summed E-state index contributed by atoms with van der Waals surface area (Å²) < 4.78 is 19.3. The molecule has 1 fully saturated rings. The lowest BCUT2D eigenvalue weighted by Crippen LogP contribution is -2.56. The molecule has 0 aliphatic carbocycles. The average Bonchev–Trinajstić information content (AvgIpc) is 2.72. The topological polar surface area (TPSA) is 77.0 Å². The second-order valence-corrected chi connectivity index (χ2v) is 20.2. The molecule has 0 aromatic carbocycles. The molecule has 160 valence electrons. The number of ether oxygens (including phenoxy) is 1. The van der Waals surface area contributed by atoms with Crippen LogP contribution in [-0.2, 0) is 18.4 Å². The fourth-order valence-corrected chi connectivity index (χ4v) is 4.91. The molecule has 0 aromatic heterocycles. The summed E-state index contributed by atoms with van der Waals surface area (Å²) in [6.45, 7) is 23.0. The second-order valence-electron chi connectivity index (χ2n) is 10.7. The number of carbonyl (C=O) groups excluding carboxylic acids is 1. The molecule has 0 bridgehead atoms. The molecule has 1 saturated heterocycles. The number of hydrogen-bond acceptors (Lipinski definition) is 5. The van der Waals surface area contributed by atoms with Crippen molar-refractivity contribution in [2.45, 2.75) is 109 Å². The second kappa shape index (κ2) is 8.24. The van der Waals surface area contributed by atoms with Crippen molar-refractivity contribution in [3.63, 3.8) is 0 Å². The van der Waals surface area contributed by atoms with Gasteiger partial charge < -0.3 is 24.0 Å². The van der Waals surface area contributed by atoms with Crippen molar-refractivity contribution in [1.29, 1.82) is 0 Å². The van der Waals surface area contributed by atoms with Crippen LogP contribution in [0, 0.1) is 0 Å². The Morgan fingerprint density at radius 2 is 1.44 bits per heavy atom.